The van der Waals surface area contributed by atoms with Crippen LogP contribution in [0.2, 0.25) is 0 Å². The molecular weight excluding hydrogens is 388 g/mol. The lowest BCUT2D eigenvalue weighted by Gasteiger charge is -2.31. The van der Waals surface area contributed by atoms with Gasteiger partial charge in [-0.05, 0) is 63.2 Å². The summed E-state index contributed by atoms with van der Waals surface area (Å²) in [5, 5.41) is 2.94. The van der Waals surface area contributed by atoms with E-state index in [0.717, 1.165) is 30.8 Å². The molecule has 160 valence electrons. The van der Waals surface area contributed by atoms with Gasteiger partial charge in [-0.3, -0.25) is 9.59 Å². The first-order valence-electron chi connectivity index (χ1n) is 10.1. The normalized spacial score (nSPS) is 14.8. The Morgan fingerprint density at radius 3 is 2.33 bits per heavy atom. The van der Waals surface area contributed by atoms with Crippen molar-refractivity contribution in [1.29, 1.82) is 0 Å². The molecule has 2 amide bonds. The number of carbonyl (C=O) groups excluding carboxylic acids is 2. The van der Waals surface area contributed by atoms with Crippen LogP contribution in [0, 0.1) is 17.6 Å². The van der Waals surface area contributed by atoms with Crippen molar-refractivity contribution in [2.24, 2.45) is 5.92 Å². The van der Waals surface area contributed by atoms with Crippen molar-refractivity contribution in [2.75, 3.05) is 39.0 Å². The fraction of sp³-hybridized carbons (Fsp3) is 0.391. The molecule has 3 rings (SSSR count). The molecule has 1 aliphatic rings. The van der Waals surface area contributed by atoms with Crippen LogP contribution in [0.1, 0.15) is 28.8 Å². The molecule has 1 fully saturated rings. The van der Waals surface area contributed by atoms with Crippen molar-refractivity contribution >= 4 is 17.5 Å². The Bertz CT molecular complexity index is 892. The van der Waals surface area contributed by atoms with Crippen molar-refractivity contribution in [1.82, 2.24) is 9.80 Å². The van der Waals surface area contributed by atoms with Crippen LogP contribution in [-0.2, 0) is 11.2 Å². The number of nitrogens with one attached hydrogen (secondary N) is 1. The van der Waals surface area contributed by atoms with Gasteiger partial charge in [0, 0.05) is 37.3 Å². The molecule has 0 aromatic heterocycles. The average molecular weight is 415 g/mol. The Morgan fingerprint density at radius 2 is 1.73 bits per heavy atom. The van der Waals surface area contributed by atoms with Gasteiger partial charge in [-0.1, -0.05) is 12.1 Å². The molecule has 5 nitrogen and oxygen atoms in total. The fourth-order valence-electron chi connectivity index (χ4n) is 3.53. The number of anilines is 1. The highest BCUT2D eigenvalue weighted by Crippen LogP contribution is 2.22. The van der Waals surface area contributed by atoms with E-state index in [4.69, 9.17) is 0 Å². The lowest BCUT2D eigenvalue weighted by Crippen LogP contribution is -2.41. The Hall–Kier alpha value is -2.80. The van der Waals surface area contributed by atoms with Gasteiger partial charge >= 0.3 is 0 Å². The number of piperidine rings is 1. The smallest absolute Gasteiger partial charge is 0.256 e. The third-order valence-corrected chi connectivity index (χ3v) is 5.38. The summed E-state index contributed by atoms with van der Waals surface area (Å²) in [7, 11) is 4.06. The number of benzene rings is 2. The maximum atomic E-state index is 13.9. The van der Waals surface area contributed by atoms with Crippen molar-refractivity contribution in [3.05, 3.63) is 65.2 Å². The number of halogens is 2. The van der Waals surface area contributed by atoms with E-state index in [-0.39, 0.29) is 17.4 Å². The van der Waals surface area contributed by atoms with Crippen LogP contribution in [0.15, 0.2) is 42.5 Å². The summed E-state index contributed by atoms with van der Waals surface area (Å²) in [5.41, 5.74) is 1.82. The van der Waals surface area contributed by atoms with Crippen LogP contribution in [0.25, 0.3) is 0 Å². The molecule has 0 aliphatic carbocycles. The topological polar surface area (TPSA) is 52.7 Å². The van der Waals surface area contributed by atoms with Gasteiger partial charge in [-0.25, -0.2) is 8.78 Å². The maximum Gasteiger partial charge on any atom is 0.256 e. The molecule has 1 saturated heterocycles. The second kappa shape index (κ2) is 9.80. The van der Waals surface area contributed by atoms with Gasteiger partial charge in [0.2, 0.25) is 5.91 Å². The average Bonchev–Trinajstić information content (AvgIpc) is 2.73. The SMILES string of the molecule is CN(C)CCc1ccc(NC(=O)C2CCN(C(=O)c3ccc(F)cc3F)CC2)cc1. The molecule has 7 heteroatoms. The van der Waals surface area contributed by atoms with Crippen molar-refractivity contribution < 1.29 is 18.4 Å². The Labute approximate surface area is 175 Å². The molecule has 2 aromatic rings. The van der Waals surface area contributed by atoms with Crippen LogP contribution in [-0.4, -0.2) is 55.3 Å². The fourth-order valence-corrected chi connectivity index (χ4v) is 3.53. The zero-order valence-corrected chi connectivity index (χ0v) is 17.3. The van der Waals surface area contributed by atoms with Gasteiger partial charge in [-0.15, -0.1) is 0 Å². The quantitative estimate of drug-likeness (QED) is 0.785. The standard InChI is InChI=1S/C23H27F2N3O2/c1-27(2)12-9-16-3-6-19(7-4-16)26-22(29)17-10-13-28(14-11-17)23(30)20-8-5-18(24)15-21(20)25/h3-8,15,17H,9-14H2,1-2H3,(H,26,29). The molecule has 0 radical (unpaired) electrons. The second-order valence-electron chi connectivity index (χ2n) is 7.93. The lowest BCUT2D eigenvalue weighted by molar-refractivity contribution is -0.121. The molecule has 30 heavy (non-hydrogen) atoms. The number of nitrogens with zero attached hydrogens (tertiary/aromatic N) is 2. The predicted octanol–water partition coefficient (Wildman–Crippen LogP) is 3.56. The largest absolute Gasteiger partial charge is 0.339 e. The molecule has 0 spiro atoms. The third-order valence-electron chi connectivity index (χ3n) is 5.38. The van der Waals surface area contributed by atoms with Crippen LogP contribution in [0.3, 0.4) is 0 Å². The van der Waals surface area contributed by atoms with Crippen LogP contribution >= 0.6 is 0 Å². The summed E-state index contributed by atoms with van der Waals surface area (Å²) in [5.74, 6) is -2.34. The second-order valence-corrected chi connectivity index (χ2v) is 7.93. The molecule has 1 aliphatic heterocycles. The Kier molecular flexibility index (Phi) is 7.15. The monoisotopic (exact) mass is 415 g/mol. The zero-order valence-electron chi connectivity index (χ0n) is 17.3. The summed E-state index contributed by atoms with van der Waals surface area (Å²) < 4.78 is 26.9. The van der Waals surface area contributed by atoms with E-state index in [1.807, 2.05) is 38.4 Å². The first-order chi connectivity index (χ1) is 14.3. The van der Waals surface area contributed by atoms with Crippen LogP contribution in [0.4, 0.5) is 14.5 Å². The number of hydrogen-bond donors (Lipinski definition) is 1. The van der Waals surface area contributed by atoms with Crippen LogP contribution in [0.5, 0.6) is 0 Å². The van der Waals surface area contributed by atoms with Gasteiger partial charge in [0.25, 0.3) is 5.91 Å². The van der Waals surface area contributed by atoms with Crippen molar-refractivity contribution in [3.63, 3.8) is 0 Å². The van der Waals surface area contributed by atoms with E-state index in [1.165, 1.54) is 10.5 Å². The summed E-state index contributed by atoms with van der Waals surface area (Å²) in [6.07, 6.45) is 1.95. The highest BCUT2D eigenvalue weighted by atomic mass is 19.1. The summed E-state index contributed by atoms with van der Waals surface area (Å²) in [4.78, 5) is 28.7. The predicted molar refractivity (Wildman–Crippen MR) is 112 cm³/mol. The first-order valence-corrected chi connectivity index (χ1v) is 10.1. The van der Waals surface area contributed by atoms with Crippen LogP contribution < -0.4 is 5.32 Å². The minimum Gasteiger partial charge on any atom is -0.339 e. The number of carbonyl (C=O) groups is 2. The van der Waals surface area contributed by atoms with Gasteiger partial charge in [0.05, 0.1) is 5.56 Å². The molecule has 1 N–H and O–H groups in total. The number of likely N-dealkylation sites (N-methyl/N-ethyl adjacent to an activating group) is 1. The molecule has 0 atom stereocenters. The first kappa shape index (κ1) is 21.9. The van der Waals surface area contributed by atoms with E-state index in [9.17, 15) is 18.4 Å². The molecule has 0 bridgehead atoms. The van der Waals surface area contributed by atoms with Gasteiger partial charge in [-0.2, -0.15) is 0 Å². The van der Waals surface area contributed by atoms with E-state index in [0.29, 0.717) is 32.0 Å². The molecule has 0 unspecified atom stereocenters. The Morgan fingerprint density at radius 1 is 1.07 bits per heavy atom. The molecular formula is C23H27F2N3O2. The Balaban J connectivity index is 1.51. The number of hydrogen-bond acceptors (Lipinski definition) is 3. The number of likely N-dealkylation sites (tertiary alicyclic amines) is 1. The summed E-state index contributed by atoms with van der Waals surface area (Å²) in [6.45, 7) is 1.68. The van der Waals surface area contributed by atoms with E-state index in [1.54, 1.807) is 0 Å². The van der Waals surface area contributed by atoms with E-state index in [2.05, 4.69) is 10.2 Å². The number of amides is 2. The highest BCUT2D eigenvalue weighted by Gasteiger charge is 2.29. The third kappa shape index (κ3) is 5.63. The van der Waals surface area contributed by atoms with Gasteiger partial charge in [0.15, 0.2) is 0 Å². The highest BCUT2D eigenvalue weighted by molar-refractivity contribution is 5.95. The lowest BCUT2D eigenvalue weighted by atomic mass is 9.95. The molecule has 2 aromatic carbocycles. The minimum atomic E-state index is -0.867. The van der Waals surface area contributed by atoms with E-state index < -0.39 is 17.5 Å². The maximum absolute atomic E-state index is 13.9. The summed E-state index contributed by atoms with van der Waals surface area (Å²) in [6, 6.07) is 10.8. The van der Waals surface area contributed by atoms with Crippen molar-refractivity contribution in [2.45, 2.75) is 19.3 Å². The van der Waals surface area contributed by atoms with Gasteiger partial charge in [0.1, 0.15) is 11.6 Å². The minimum absolute atomic E-state index is 0.0731. The van der Waals surface area contributed by atoms with Crippen molar-refractivity contribution in [3.8, 4) is 0 Å². The molecule has 0 saturated carbocycles. The zero-order chi connectivity index (χ0) is 21.7. The number of rotatable bonds is 6. The van der Waals surface area contributed by atoms with E-state index >= 15 is 0 Å². The van der Waals surface area contributed by atoms with Gasteiger partial charge < -0.3 is 15.1 Å². The molecule has 1 heterocycles. The summed E-state index contributed by atoms with van der Waals surface area (Å²) >= 11 is 0.